The lowest BCUT2D eigenvalue weighted by molar-refractivity contribution is 0.0800. The van der Waals surface area contributed by atoms with Crippen LogP contribution in [0.15, 0.2) is 18.3 Å². The molecule has 3 heteroatoms. The van der Waals surface area contributed by atoms with Crippen LogP contribution in [0.4, 0.5) is 5.69 Å². The zero-order valence-electron chi connectivity index (χ0n) is 9.41. The van der Waals surface area contributed by atoms with Crippen LogP contribution in [-0.2, 0) is 6.42 Å². The first-order valence-corrected chi connectivity index (χ1v) is 4.90. The molecule has 0 unspecified atom stereocenters. The van der Waals surface area contributed by atoms with Crippen molar-refractivity contribution in [1.29, 1.82) is 0 Å². The smallest absolute Gasteiger partial charge is 0.0647 e. The van der Waals surface area contributed by atoms with Crippen LogP contribution < -0.4 is 5.73 Å². The van der Waals surface area contributed by atoms with E-state index in [1.54, 1.807) is 32.2 Å². The maximum absolute atomic E-state index is 9.48. The van der Waals surface area contributed by atoms with Crippen LogP contribution in [0.3, 0.4) is 0 Å². The van der Waals surface area contributed by atoms with E-state index in [-0.39, 0.29) is 0 Å². The summed E-state index contributed by atoms with van der Waals surface area (Å²) in [7, 11) is 0. The molecule has 0 radical (unpaired) electrons. The topological polar surface area (TPSA) is 59.1 Å². The molecule has 0 aliphatic carbocycles. The monoisotopic (exact) mass is 196 g/mol. The molecule has 0 amide bonds. The maximum Gasteiger partial charge on any atom is 0.0647 e. The molecule has 0 fully saturated rings. The number of nitrogens with two attached hydrogens (primary N) is 1. The maximum atomic E-state index is 9.48. The molecule has 1 heterocycles. The summed E-state index contributed by atoms with van der Waals surface area (Å²) >= 11 is 0. The Balaban J connectivity index is 0.000000791. The Morgan fingerprint density at radius 1 is 1.43 bits per heavy atom. The van der Waals surface area contributed by atoms with E-state index in [4.69, 9.17) is 5.73 Å². The van der Waals surface area contributed by atoms with E-state index in [0.717, 1.165) is 5.69 Å². The van der Waals surface area contributed by atoms with E-state index in [2.05, 4.69) is 4.98 Å². The van der Waals surface area contributed by atoms with Crippen molar-refractivity contribution in [2.45, 2.75) is 39.7 Å². The van der Waals surface area contributed by atoms with Gasteiger partial charge >= 0.3 is 0 Å². The van der Waals surface area contributed by atoms with Crippen molar-refractivity contribution in [2.24, 2.45) is 0 Å². The third-order valence-corrected chi connectivity index (χ3v) is 1.45. The summed E-state index contributed by atoms with van der Waals surface area (Å²) < 4.78 is 0. The molecule has 3 nitrogen and oxygen atoms in total. The van der Waals surface area contributed by atoms with Gasteiger partial charge in [0.25, 0.3) is 0 Å². The van der Waals surface area contributed by atoms with Crippen molar-refractivity contribution >= 4 is 5.69 Å². The van der Waals surface area contributed by atoms with Gasteiger partial charge in [0, 0.05) is 24.0 Å². The number of nitrogen functional groups attached to an aromatic ring is 1. The summed E-state index contributed by atoms with van der Waals surface area (Å²) in [6, 6.07) is 3.51. The summed E-state index contributed by atoms with van der Waals surface area (Å²) in [6.45, 7) is 7.50. The quantitative estimate of drug-likeness (QED) is 0.760. The molecular formula is C11H20N2O. The first-order chi connectivity index (χ1) is 6.47. The fraction of sp³-hybridized carbons (Fsp3) is 0.545. The summed E-state index contributed by atoms with van der Waals surface area (Å²) in [5, 5.41) is 9.48. The summed E-state index contributed by atoms with van der Waals surface area (Å²) in [6.07, 6.45) is 2.18. The second kappa shape index (κ2) is 5.60. The molecule has 0 aliphatic heterocycles. The Kier molecular flexibility index (Phi) is 5.16. The molecule has 0 aliphatic rings. The Labute approximate surface area is 86.0 Å². The van der Waals surface area contributed by atoms with Gasteiger partial charge in [-0.2, -0.15) is 0 Å². The zero-order chi connectivity index (χ0) is 11.2. The van der Waals surface area contributed by atoms with Crippen LogP contribution in [0.25, 0.3) is 0 Å². The van der Waals surface area contributed by atoms with Gasteiger partial charge in [-0.05, 0) is 26.0 Å². The van der Waals surface area contributed by atoms with Crippen molar-refractivity contribution < 1.29 is 5.11 Å². The van der Waals surface area contributed by atoms with Crippen LogP contribution in [0.2, 0.25) is 0 Å². The highest BCUT2D eigenvalue weighted by Gasteiger charge is 2.13. The van der Waals surface area contributed by atoms with Gasteiger partial charge in [-0.1, -0.05) is 13.8 Å². The van der Waals surface area contributed by atoms with Crippen LogP contribution in [0.5, 0.6) is 0 Å². The lowest BCUT2D eigenvalue weighted by atomic mass is 10.0. The number of aromatic nitrogens is 1. The van der Waals surface area contributed by atoms with Gasteiger partial charge in [-0.3, -0.25) is 4.98 Å². The van der Waals surface area contributed by atoms with Crippen LogP contribution >= 0.6 is 0 Å². The van der Waals surface area contributed by atoms with E-state index >= 15 is 0 Å². The van der Waals surface area contributed by atoms with E-state index < -0.39 is 5.60 Å². The van der Waals surface area contributed by atoms with Crippen LogP contribution in [-0.4, -0.2) is 15.7 Å². The SMILES string of the molecule is CC.CC(C)(O)Cc1cc(N)ccn1. The Bertz CT molecular complexity index is 266. The first-order valence-electron chi connectivity index (χ1n) is 4.90. The minimum atomic E-state index is -0.721. The molecule has 1 rings (SSSR count). The molecule has 14 heavy (non-hydrogen) atoms. The number of hydrogen-bond donors (Lipinski definition) is 2. The van der Waals surface area contributed by atoms with Gasteiger partial charge in [0.2, 0.25) is 0 Å². The summed E-state index contributed by atoms with van der Waals surface area (Å²) in [5.74, 6) is 0. The summed E-state index contributed by atoms with van der Waals surface area (Å²) in [4.78, 5) is 4.08. The minimum absolute atomic E-state index is 0.526. The highest BCUT2D eigenvalue weighted by Crippen LogP contribution is 2.11. The Morgan fingerprint density at radius 3 is 2.43 bits per heavy atom. The molecule has 0 spiro atoms. The molecule has 1 aromatic rings. The molecule has 3 N–H and O–H groups in total. The van der Waals surface area contributed by atoms with E-state index in [1.807, 2.05) is 13.8 Å². The van der Waals surface area contributed by atoms with Gasteiger partial charge in [0.15, 0.2) is 0 Å². The molecule has 80 valence electrons. The van der Waals surface area contributed by atoms with Crippen LogP contribution in [0, 0.1) is 0 Å². The Morgan fingerprint density at radius 2 is 2.00 bits per heavy atom. The first kappa shape index (κ1) is 12.9. The normalized spacial score (nSPS) is 10.4. The number of nitrogens with zero attached hydrogens (tertiary/aromatic N) is 1. The predicted octanol–water partition coefficient (Wildman–Crippen LogP) is 2.00. The van der Waals surface area contributed by atoms with Crippen molar-refractivity contribution in [2.75, 3.05) is 5.73 Å². The number of pyridine rings is 1. The third-order valence-electron chi connectivity index (χ3n) is 1.45. The molecule has 0 saturated heterocycles. The van der Waals surface area contributed by atoms with Gasteiger partial charge in [-0.15, -0.1) is 0 Å². The van der Waals surface area contributed by atoms with Gasteiger partial charge < -0.3 is 10.8 Å². The molecular weight excluding hydrogens is 176 g/mol. The summed E-state index contributed by atoms with van der Waals surface area (Å²) in [5.41, 5.74) is 6.34. The molecule has 0 bridgehead atoms. The van der Waals surface area contributed by atoms with Crippen molar-refractivity contribution in [3.63, 3.8) is 0 Å². The minimum Gasteiger partial charge on any atom is -0.399 e. The average Bonchev–Trinajstić information content (AvgIpc) is 2.04. The highest BCUT2D eigenvalue weighted by molar-refractivity contribution is 5.37. The van der Waals surface area contributed by atoms with Gasteiger partial charge in [0.1, 0.15) is 0 Å². The lowest BCUT2D eigenvalue weighted by Crippen LogP contribution is -2.22. The number of anilines is 1. The van der Waals surface area contributed by atoms with E-state index in [9.17, 15) is 5.11 Å². The zero-order valence-corrected chi connectivity index (χ0v) is 9.41. The molecule has 0 saturated carbocycles. The van der Waals surface area contributed by atoms with E-state index in [0.29, 0.717) is 12.1 Å². The fourth-order valence-electron chi connectivity index (χ4n) is 1.04. The van der Waals surface area contributed by atoms with Crippen LogP contribution in [0.1, 0.15) is 33.4 Å². The molecule has 0 atom stereocenters. The lowest BCUT2D eigenvalue weighted by Gasteiger charge is -2.15. The fourth-order valence-corrected chi connectivity index (χ4v) is 1.04. The van der Waals surface area contributed by atoms with Gasteiger partial charge in [-0.25, -0.2) is 0 Å². The van der Waals surface area contributed by atoms with Crippen molar-refractivity contribution in [3.05, 3.63) is 24.0 Å². The van der Waals surface area contributed by atoms with E-state index in [1.165, 1.54) is 0 Å². The second-order valence-electron chi connectivity index (χ2n) is 3.57. The molecule has 0 aromatic carbocycles. The highest BCUT2D eigenvalue weighted by atomic mass is 16.3. The largest absolute Gasteiger partial charge is 0.399 e. The Hall–Kier alpha value is -1.09. The predicted molar refractivity (Wildman–Crippen MR) is 60.0 cm³/mol. The average molecular weight is 196 g/mol. The van der Waals surface area contributed by atoms with Crippen molar-refractivity contribution in [1.82, 2.24) is 4.98 Å². The number of rotatable bonds is 2. The van der Waals surface area contributed by atoms with Gasteiger partial charge in [0.05, 0.1) is 5.60 Å². The number of hydrogen-bond acceptors (Lipinski definition) is 3. The third kappa shape index (κ3) is 5.54. The standard InChI is InChI=1S/C9H14N2O.C2H6/c1-9(2,12)6-8-5-7(10)3-4-11-8;1-2/h3-5,12H,6H2,1-2H3,(H2,10,11);1-2H3. The number of aliphatic hydroxyl groups is 1. The van der Waals surface area contributed by atoms with Crippen molar-refractivity contribution in [3.8, 4) is 0 Å². The molecule has 1 aromatic heterocycles. The second-order valence-corrected chi connectivity index (χ2v) is 3.57.